The number of halogens is 4. The van der Waals surface area contributed by atoms with E-state index in [9.17, 15) is 22.4 Å². The van der Waals surface area contributed by atoms with Crippen molar-refractivity contribution in [2.45, 2.75) is 12.3 Å². The molecule has 1 unspecified atom stereocenters. The summed E-state index contributed by atoms with van der Waals surface area (Å²) in [5.74, 6) is -0.732. The predicted octanol–water partition coefficient (Wildman–Crippen LogP) is 3.00. The average Bonchev–Trinajstić information content (AvgIpc) is 3.02. The molecule has 0 aliphatic rings. The van der Waals surface area contributed by atoms with Crippen LogP contribution in [0, 0.1) is 5.82 Å². The van der Waals surface area contributed by atoms with Crippen molar-refractivity contribution in [3.05, 3.63) is 48.5 Å². The van der Waals surface area contributed by atoms with Gasteiger partial charge in [0, 0.05) is 25.1 Å². The van der Waals surface area contributed by atoms with Crippen LogP contribution in [0.15, 0.2) is 42.7 Å². The molecule has 0 spiro atoms. The van der Waals surface area contributed by atoms with Crippen molar-refractivity contribution in [1.29, 1.82) is 0 Å². The second kappa shape index (κ2) is 6.91. The van der Waals surface area contributed by atoms with Crippen LogP contribution in [0.3, 0.4) is 0 Å². The minimum absolute atomic E-state index is 0.181. The molecule has 1 atom stereocenters. The maximum Gasteiger partial charge on any atom is 0.416 e. The van der Waals surface area contributed by atoms with Crippen molar-refractivity contribution in [2.75, 3.05) is 18.9 Å². The summed E-state index contributed by atoms with van der Waals surface area (Å²) >= 11 is 0. The number of benzene rings is 1. The van der Waals surface area contributed by atoms with E-state index in [0.717, 1.165) is 13.1 Å². The minimum Gasteiger partial charge on any atom is -0.382 e. The van der Waals surface area contributed by atoms with Gasteiger partial charge in [-0.15, -0.1) is 0 Å². The van der Waals surface area contributed by atoms with E-state index in [1.54, 1.807) is 29.1 Å². The van der Waals surface area contributed by atoms with E-state index in [0.29, 0.717) is 10.6 Å². The molecule has 24 heavy (non-hydrogen) atoms. The van der Waals surface area contributed by atoms with Crippen LogP contribution in [-0.4, -0.2) is 46.5 Å². The molecule has 0 saturated carbocycles. The number of nitrogens with zero attached hydrogens (tertiary/aromatic N) is 2. The summed E-state index contributed by atoms with van der Waals surface area (Å²) in [5, 5.41) is 11.2. The summed E-state index contributed by atoms with van der Waals surface area (Å²) in [7, 11) is 1.07. The summed E-state index contributed by atoms with van der Waals surface area (Å²) in [6.07, 6.45) is -4.09. The molecule has 2 rings (SSSR count). The van der Waals surface area contributed by atoms with Gasteiger partial charge in [0.05, 0.1) is 12.2 Å². The molecule has 0 saturated heterocycles. The van der Waals surface area contributed by atoms with Gasteiger partial charge in [0.1, 0.15) is 5.82 Å². The van der Waals surface area contributed by atoms with E-state index in [-0.39, 0.29) is 5.69 Å². The third-order valence-electron chi connectivity index (χ3n) is 3.27. The zero-order valence-electron chi connectivity index (χ0n) is 12.6. The van der Waals surface area contributed by atoms with Crippen LogP contribution in [0.2, 0.25) is 0 Å². The Morgan fingerprint density at radius 3 is 2.54 bits per heavy atom. The van der Waals surface area contributed by atoms with Crippen LogP contribution in [-0.2, 0) is 0 Å². The van der Waals surface area contributed by atoms with Crippen LogP contribution in [0.1, 0.15) is 0 Å². The number of carbonyl (C=O) groups is 1. The van der Waals surface area contributed by atoms with Gasteiger partial charge in [-0.2, -0.15) is 13.2 Å². The summed E-state index contributed by atoms with van der Waals surface area (Å²) < 4.78 is 52.4. The van der Waals surface area contributed by atoms with E-state index in [2.05, 4.69) is 5.32 Å². The molecule has 0 fully saturated rings. The molecule has 0 bridgehead atoms. The predicted molar refractivity (Wildman–Crippen MR) is 79.4 cm³/mol. The van der Waals surface area contributed by atoms with E-state index in [1.807, 2.05) is 0 Å². The molecule has 0 aliphatic carbocycles. The summed E-state index contributed by atoms with van der Waals surface area (Å²) in [5.41, 5.74) is 0.384. The standard InChI is InChI=1S/C15H15F4N3O2/c1-21(9-13(23)15(17,18)19)14(24)20-12-8-10(4-5-11(12)16)22-6-2-3-7-22/h2-8,13,23H,9H2,1H3,(H,20,24). The van der Waals surface area contributed by atoms with Gasteiger partial charge in [-0.1, -0.05) is 0 Å². The zero-order chi connectivity index (χ0) is 17.9. The van der Waals surface area contributed by atoms with Gasteiger partial charge < -0.3 is 19.9 Å². The number of aliphatic hydroxyl groups is 1. The summed E-state index contributed by atoms with van der Waals surface area (Å²) in [4.78, 5) is 12.5. The van der Waals surface area contributed by atoms with Gasteiger partial charge in [-0.05, 0) is 30.3 Å². The summed E-state index contributed by atoms with van der Waals surface area (Å²) in [6.45, 7) is -0.964. The first-order valence-corrected chi connectivity index (χ1v) is 6.88. The summed E-state index contributed by atoms with van der Waals surface area (Å²) in [6, 6.07) is 6.52. The Kier molecular flexibility index (Phi) is 5.13. The molecular weight excluding hydrogens is 330 g/mol. The van der Waals surface area contributed by atoms with Crippen LogP contribution in [0.25, 0.3) is 5.69 Å². The van der Waals surface area contributed by atoms with Gasteiger partial charge in [0.2, 0.25) is 0 Å². The van der Waals surface area contributed by atoms with Crippen molar-refractivity contribution >= 4 is 11.7 Å². The molecule has 0 radical (unpaired) electrons. The number of amides is 2. The van der Waals surface area contributed by atoms with Gasteiger partial charge in [0.15, 0.2) is 6.10 Å². The Labute approximate surface area is 135 Å². The average molecular weight is 345 g/mol. The Morgan fingerprint density at radius 2 is 1.96 bits per heavy atom. The monoisotopic (exact) mass is 345 g/mol. The smallest absolute Gasteiger partial charge is 0.382 e. The van der Waals surface area contributed by atoms with Crippen molar-refractivity contribution in [3.8, 4) is 5.69 Å². The van der Waals surface area contributed by atoms with Crippen LogP contribution < -0.4 is 5.32 Å². The number of nitrogens with one attached hydrogen (secondary N) is 1. The van der Waals surface area contributed by atoms with E-state index < -0.39 is 30.7 Å². The van der Waals surface area contributed by atoms with Crippen LogP contribution in [0.5, 0.6) is 0 Å². The SMILES string of the molecule is CN(CC(O)C(F)(F)F)C(=O)Nc1cc(-n2cccc2)ccc1F. The van der Waals surface area contributed by atoms with Crippen molar-refractivity contribution in [2.24, 2.45) is 0 Å². The topological polar surface area (TPSA) is 57.5 Å². The second-order valence-corrected chi connectivity index (χ2v) is 5.12. The first-order valence-electron chi connectivity index (χ1n) is 6.88. The van der Waals surface area contributed by atoms with Crippen LogP contribution in [0.4, 0.5) is 28.0 Å². The number of aliphatic hydroxyl groups excluding tert-OH is 1. The molecule has 1 aromatic heterocycles. The van der Waals surface area contributed by atoms with Crippen molar-refractivity contribution in [1.82, 2.24) is 9.47 Å². The molecule has 1 aromatic carbocycles. The lowest BCUT2D eigenvalue weighted by atomic mass is 10.2. The molecule has 2 amide bonds. The lowest BCUT2D eigenvalue weighted by Crippen LogP contribution is -2.43. The number of rotatable bonds is 4. The van der Waals surface area contributed by atoms with E-state index in [4.69, 9.17) is 5.11 Å². The number of hydrogen-bond acceptors (Lipinski definition) is 2. The van der Waals surface area contributed by atoms with Gasteiger partial charge >= 0.3 is 12.2 Å². The first-order chi connectivity index (χ1) is 11.2. The molecule has 130 valence electrons. The maximum absolute atomic E-state index is 13.8. The maximum atomic E-state index is 13.8. The van der Waals surface area contributed by atoms with Crippen molar-refractivity contribution in [3.63, 3.8) is 0 Å². The number of anilines is 1. The Morgan fingerprint density at radius 1 is 1.33 bits per heavy atom. The number of aromatic nitrogens is 1. The zero-order valence-corrected chi connectivity index (χ0v) is 12.6. The minimum atomic E-state index is -4.84. The Balaban J connectivity index is 2.10. The molecule has 2 aromatic rings. The molecule has 0 aliphatic heterocycles. The molecule has 2 N–H and O–H groups in total. The lowest BCUT2D eigenvalue weighted by molar-refractivity contribution is -0.205. The van der Waals surface area contributed by atoms with Gasteiger partial charge in [0.25, 0.3) is 0 Å². The molecule has 1 heterocycles. The van der Waals surface area contributed by atoms with Gasteiger partial charge in [-0.3, -0.25) is 0 Å². The number of likely N-dealkylation sites (N-methyl/N-ethyl adjacent to an activating group) is 1. The second-order valence-electron chi connectivity index (χ2n) is 5.12. The fourth-order valence-electron chi connectivity index (χ4n) is 1.93. The van der Waals surface area contributed by atoms with Crippen LogP contribution >= 0.6 is 0 Å². The normalized spacial score (nSPS) is 12.8. The quantitative estimate of drug-likeness (QED) is 0.837. The molecule has 9 heteroatoms. The van der Waals surface area contributed by atoms with Crippen molar-refractivity contribution < 1.29 is 27.5 Å². The Hall–Kier alpha value is -2.55. The fourth-order valence-corrected chi connectivity index (χ4v) is 1.93. The highest BCUT2D eigenvalue weighted by Crippen LogP contribution is 2.22. The highest BCUT2D eigenvalue weighted by atomic mass is 19.4. The number of carbonyl (C=O) groups excluding carboxylic acids is 1. The van der Waals surface area contributed by atoms with Gasteiger partial charge in [-0.25, -0.2) is 9.18 Å². The number of hydrogen-bond donors (Lipinski definition) is 2. The highest BCUT2D eigenvalue weighted by molar-refractivity contribution is 5.89. The van der Waals surface area contributed by atoms with E-state index in [1.165, 1.54) is 12.1 Å². The molecular formula is C15H15F4N3O2. The van der Waals surface area contributed by atoms with E-state index >= 15 is 0 Å². The third kappa shape index (κ3) is 4.25. The lowest BCUT2D eigenvalue weighted by Gasteiger charge is -2.23. The highest BCUT2D eigenvalue weighted by Gasteiger charge is 2.39. The Bertz CT molecular complexity index is 701. The fraction of sp³-hybridized carbons (Fsp3) is 0.267. The number of urea groups is 1. The first kappa shape index (κ1) is 17.8. The largest absolute Gasteiger partial charge is 0.416 e. The molecule has 5 nitrogen and oxygen atoms in total. The number of alkyl halides is 3. The third-order valence-corrected chi connectivity index (χ3v) is 3.27.